The molecule has 1 aromatic rings. The van der Waals surface area contributed by atoms with Crippen LogP contribution in [-0.4, -0.2) is 28.5 Å². The third-order valence-corrected chi connectivity index (χ3v) is 4.15. The van der Waals surface area contributed by atoms with Crippen molar-refractivity contribution in [3.63, 3.8) is 0 Å². The Morgan fingerprint density at radius 2 is 2.05 bits per heavy atom. The van der Waals surface area contributed by atoms with Crippen LogP contribution >= 0.6 is 0 Å². The monoisotopic (exact) mass is 264 g/mol. The summed E-state index contributed by atoms with van der Waals surface area (Å²) in [5, 5.41) is 3.04. The summed E-state index contributed by atoms with van der Waals surface area (Å²) in [5.41, 5.74) is 5.57. The van der Waals surface area contributed by atoms with Gasteiger partial charge in [-0.05, 0) is 12.8 Å². The molecule has 0 atom stereocenters. The molecule has 0 aromatic carbocycles. The molecule has 0 spiro atoms. The molecule has 1 aliphatic carbocycles. The fourth-order valence-corrected chi connectivity index (χ4v) is 2.83. The first-order valence-corrected chi connectivity index (χ1v) is 7.21. The zero-order valence-electron chi connectivity index (χ0n) is 11.5. The van der Waals surface area contributed by atoms with E-state index in [4.69, 9.17) is 5.73 Å². The summed E-state index contributed by atoms with van der Waals surface area (Å²) in [6.45, 7) is 1.85. The maximum atomic E-state index is 12.4. The quantitative estimate of drug-likeness (QED) is 0.787. The van der Waals surface area contributed by atoms with Gasteiger partial charge >= 0.3 is 0 Å². The number of nitrogens with zero attached hydrogens (tertiary/aromatic N) is 2. The average Bonchev–Trinajstić information content (AvgIpc) is 2.82. The summed E-state index contributed by atoms with van der Waals surface area (Å²) in [6, 6.07) is 0. The van der Waals surface area contributed by atoms with Crippen molar-refractivity contribution < 1.29 is 4.79 Å². The maximum Gasteiger partial charge on any atom is 0.227 e. The third kappa shape index (κ3) is 3.56. The molecule has 0 aliphatic heterocycles. The van der Waals surface area contributed by atoms with Crippen molar-refractivity contribution in [1.29, 1.82) is 0 Å². The van der Waals surface area contributed by atoms with E-state index in [0.29, 0.717) is 13.1 Å². The van der Waals surface area contributed by atoms with Crippen molar-refractivity contribution in [2.75, 3.05) is 13.1 Å². The SMILES string of the molecule is NCC1(C(=O)NCCn2ccnc2)CCCCCC1. The summed E-state index contributed by atoms with van der Waals surface area (Å²) in [4.78, 5) is 16.4. The van der Waals surface area contributed by atoms with Crippen molar-refractivity contribution >= 4 is 5.91 Å². The second-order valence-electron chi connectivity index (χ2n) is 5.46. The average molecular weight is 264 g/mol. The Hall–Kier alpha value is -1.36. The van der Waals surface area contributed by atoms with Crippen LogP contribution in [0.1, 0.15) is 38.5 Å². The predicted molar refractivity (Wildman–Crippen MR) is 74.4 cm³/mol. The first-order chi connectivity index (χ1) is 9.27. The van der Waals surface area contributed by atoms with E-state index in [9.17, 15) is 4.79 Å². The van der Waals surface area contributed by atoms with Crippen molar-refractivity contribution in [2.24, 2.45) is 11.1 Å². The molecule has 1 heterocycles. The predicted octanol–water partition coefficient (Wildman–Crippen LogP) is 1.30. The first kappa shape index (κ1) is 14.1. The lowest BCUT2D eigenvalue weighted by Gasteiger charge is -2.29. The number of hydrogen-bond donors (Lipinski definition) is 2. The molecule has 1 amide bonds. The Bertz CT molecular complexity index is 380. The fraction of sp³-hybridized carbons (Fsp3) is 0.714. The summed E-state index contributed by atoms with van der Waals surface area (Å²) in [7, 11) is 0. The molecule has 106 valence electrons. The highest BCUT2D eigenvalue weighted by molar-refractivity contribution is 5.82. The first-order valence-electron chi connectivity index (χ1n) is 7.21. The van der Waals surface area contributed by atoms with Gasteiger partial charge in [0.15, 0.2) is 0 Å². The number of carbonyl (C=O) groups excluding carboxylic acids is 1. The molecule has 5 nitrogen and oxygen atoms in total. The summed E-state index contributed by atoms with van der Waals surface area (Å²) >= 11 is 0. The van der Waals surface area contributed by atoms with Crippen molar-refractivity contribution in [3.8, 4) is 0 Å². The highest BCUT2D eigenvalue weighted by Gasteiger charge is 2.36. The molecule has 1 saturated carbocycles. The van der Waals surface area contributed by atoms with Gasteiger partial charge in [0, 0.05) is 32.0 Å². The van der Waals surface area contributed by atoms with Crippen LogP contribution in [0.25, 0.3) is 0 Å². The van der Waals surface area contributed by atoms with Crippen LogP contribution in [0.2, 0.25) is 0 Å². The van der Waals surface area contributed by atoms with Gasteiger partial charge in [0.25, 0.3) is 0 Å². The molecular formula is C14H24N4O. The molecule has 2 rings (SSSR count). The van der Waals surface area contributed by atoms with Crippen LogP contribution in [0.5, 0.6) is 0 Å². The number of imidazole rings is 1. The molecule has 0 radical (unpaired) electrons. The van der Waals surface area contributed by atoms with Crippen LogP contribution in [0.4, 0.5) is 0 Å². The van der Waals surface area contributed by atoms with Gasteiger partial charge in [0.2, 0.25) is 5.91 Å². The molecule has 3 N–H and O–H groups in total. The van der Waals surface area contributed by atoms with E-state index in [-0.39, 0.29) is 11.3 Å². The second-order valence-corrected chi connectivity index (χ2v) is 5.46. The Kier molecular flexibility index (Phi) is 4.96. The molecular weight excluding hydrogens is 240 g/mol. The van der Waals surface area contributed by atoms with E-state index < -0.39 is 0 Å². The smallest absolute Gasteiger partial charge is 0.227 e. The minimum absolute atomic E-state index is 0.136. The Morgan fingerprint density at radius 1 is 1.32 bits per heavy atom. The lowest BCUT2D eigenvalue weighted by atomic mass is 9.79. The lowest BCUT2D eigenvalue weighted by Crippen LogP contribution is -2.46. The van der Waals surface area contributed by atoms with Gasteiger partial charge in [-0.1, -0.05) is 25.7 Å². The van der Waals surface area contributed by atoms with Gasteiger partial charge < -0.3 is 15.6 Å². The number of carbonyl (C=O) groups is 1. The number of nitrogens with two attached hydrogens (primary N) is 1. The van der Waals surface area contributed by atoms with Gasteiger partial charge in [0.1, 0.15) is 0 Å². The molecule has 0 saturated heterocycles. The van der Waals surface area contributed by atoms with Gasteiger partial charge in [0.05, 0.1) is 11.7 Å². The van der Waals surface area contributed by atoms with E-state index in [1.54, 1.807) is 12.5 Å². The Morgan fingerprint density at radius 3 is 2.63 bits per heavy atom. The van der Waals surface area contributed by atoms with Crippen LogP contribution in [-0.2, 0) is 11.3 Å². The minimum atomic E-state index is -0.328. The number of amides is 1. The molecule has 1 fully saturated rings. The van der Waals surface area contributed by atoms with Crippen molar-refractivity contribution in [2.45, 2.75) is 45.1 Å². The second kappa shape index (κ2) is 6.70. The van der Waals surface area contributed by atoms with Crippen molar-refractivity contribution in [1.82, 2.24) is 14.9 Å². The van der Waals surface area contributed by atoms with Gasteiger partial charge in [-0.25, -0.2) is 4.98 Å². The van der Waals surface area contributed by atoms with Crippen LogP contribution in [0.3, 0.4) is 0 Å². The van der Waals surface area contributed by atoms with Crippen molar-refractivity contribution in [3.05, 3.63) is 18.7 Å². The van der Waals surface area contributed by atoms with E-state index in [1.807, 2.05) is 10.8 Å². The highest BCUT2D eigenvalue weighted by atomic mass is 16.2. The maximum absolute atomic E-state index is 12.4. The van der Waals surface area contributed by atoms with Crippen LogP contribution in [0, 0.1) is 5.41 Å². The molecule has 0 bridgehead atoms. The summed E-state index contributed by atoms with van der Waals surface area (Å²) in [6.07, 6.45) is 12.0. The lowest BCUT2D eigenvalue weighted by molar-refractivity contribution is -0.131. The summed E-state index contributed by atoms with van der Waals surface area (Å²) < 4.78 is 1.96. The fourth-order valence-electron chi connectivity index (χ4n) is 2.83. The Balaban J connectivity index is 1.85. The topological polar surface area (TPSA) is 72.9 Å². The van der Waals surface area contributed by atoms with E-state index >= 15 is 0 Å². The molecule has 1 aromatic heterocycles. The largest absolute Gasteiger partial charge is 0.354 e. The minimum Gasteiger partial charge on any atom is -0.354 e. The van der Waals surface area contributed by atoms with E-state index in [0.717, 1.165) is 32.2 Å². The third-order valence-electron chi connectivity index (χ3n) is 4.15. The van der Waals surface area contributed by atoms with Crippen LogP contribution < -0.4 is 11.1 Å². The standard InChI is InChI=1S/C14H24N4O/c15-11-14(5-3-1-2-4-6-14)13(19)17-8-10-18-9-7-16-12-18/h7,9,12H,1-6,8,10-11,15H2,(H,17,19). The number of rotatable bonds is 5. The molecule has 5 heteroatoms. The molecule has 1 aliphatic rings. The normalized spacial score (nSPS) is 18.8. The number of nitrogens with one attached hydrogen (secondary N) is 1. The number of hydrogen-bond acceptors (Lipinski definition) is 3. The Labute approximate surface area is 114 Å². The molecule has 0 unspecified atom stereocenters. The van der Waals surface area contributed by atoms with Gasteiger partial charge in [-0.2, -0.15) is 0 Å². The van der Waals surface area contributed by atoms with Gasteiger partial charge in [-0.3, -0.25) is 4.79 Å². The van der Waals surface area contributed by atoms with Crippen LogP contribution in [0.15, 0.2) is 18.7 Å². The molecule has 19 heavy (non-hydrogen) atoms. The summed E-state index contributed by atoms with van der Waals surface area (Å²) in [5.74, 6) is 0.136. The van der Waals surface area contributed by atoms with E-state index in [2.05, 4.69) is 10.3 Å². The van der Waals surface area contributed by atoms with E-state index in [1.165, 1.54) is 12.8 Å². The van der Waals surface area contributed by atoms with Gasteiger partial charge in [-0.15, -0.1) is 0 Å². The zero-order valence-corrected chi connectivity index (χ0v) is 11.5. The zero-order chi connectivity index (χ0) is 13.6. The highest BCUT2D eigenvalue weighted by Crippen LogP contribution is 2.34. The number of aromatic nitrogens is 2.